The SMILES string of the molecule is COc1cc(C2(N)CC2)c(Cl)cc1OCC1CC1. The van der Waals surface area contributed by atoms with Crippen LogP contribution in [-0.2, 0) is 5.54 Å². The van der Waals surface area contributed by atoms with Crippen LogP contribution in [0.4, 0.5) is 0 Å². The molecular formula is C14H18ClNO2. The molecule has 2 fully saturated rings. The lowest BCUT2D eigenvalue weighted by atomic mass is 10.1. The lowest BCUT2D eigenvalue weighted by Crippen LogP contribution is -2.19. The fourth-order valence-corrected chi connectivity index (χ4v) is 2.43. The fourth-order valence-electron chi connectivity index (χ4n) is 2.09. The standard InChI is InChI=1S/C14H18ClNO2/c1-17-12-6-10(14(16)4-5-14)11(15)7-13(12)18-8-9-2-3-9/h6-7,9H,2-5,8,16H2,1H3. The molecule has 0 bridgehead atoms. The van der Waals surface area contributed by atoms with Crippen LogP contribution >= 0.6 is 11.6 Å². The average Bonchev–Trinajstić information content (AvgIpc) is 3.24. The zero-order valence-electron chi connectivity index (χ0n) is 10.5. The van der Waals surface area contributed by atoms with E-state index in [0.29, 0.717) is 10.9 Å². The van der Waals surface area contributed by atoms with Gasteiger partial charge in [0.2, 0.25) is 0 Å². The lowest BCUT2D eigenvalue weighted by molar-refractivity contribution is 0.280. The van der Waals surface area contributed by atoms with Gasteiger partial charge in [0.25, 0.3) is 0 Å². The van der Waals surface area contributed by atoms with Crippen LogP contribution in [0.2, 0.25) is 5.02 Å². The van der Waals surface area contributed by atoms with E-state index in [9.17, 15) is 0 Å². The van der Waals surface area contributed by atoms with Crippen molar-refractivity contribution in [2.45, 2.75) is 31.2 Å². The Morgan fingerprint density at radius 3 is 2.61 bits per heavy atom. The number of hydrogen-bond acceptors (Lipinski definition) is 3. The highest BCUT2D eigenvalue weighted by Gasteiger charge is 2.42. The molecule has 98 valence electrons. The quantitative estimate of drug-likeness (QED) is 0.892. The van der Waals surface area contributed by atoms with Gasteiger partial charge in [-0.1, -0.05) is 11.6 Å². The Kier molecular flexibility index (Phi) is 2.91. The van der Waals surface area contributed by atoms with Crippen LogP contribution in [0.3, 0.4) is 0 Å². The molecule has 0 aromatic heterocycles. The number of hydrogen-bond donors (Lipinski definition) is 1. The molecule has 3 rings (SSSR count). The molecule has 2 saturated carbocycles. The first-order valence-corrected chi connectivity index (χ1v) is 6.80. The summed E-state index contributed by atoms with van der Waals surface area (Å²) in [5.74, 6) is 2.16. The molecule has 0 heterocycles. The van der Waals surface area contributed by atoms with Gasteiger partial charge in [0, 0.05) is 16.6 Å². The zero-order chi connectivity index (χ0) is 12.8. The lowest BCUT2D eigenvalue weighted by Gasteiger charge is -2.16. The summed E-state index contributed by atoms with van der Waals surface area (Å²) < 4.78 is 11.1. The van der Waals surface area contributed by atoms with Crippen LogP contribution in [0.1, 0.15) is 31.2 Å². The minimum Gasteiger partial charge on any atom is -0.493 e. The normalized spacial score (nSPS) is 20.6. The van der Waals surface area contributed by atoms with Gasteiger partial charge in [-0.3, -0.25) is 0 Å². The molecule has 0 unspecified atom stereocenters. The Hall–Kier alpha value is -0.930. The highest BCUT2D eigenvalue weighted by Crippen LogP contribution is 2.48. The van der Waals surface area contributed by atoms with Crippen LogP contribution in [0.15, 0.2) is 12.1 Å². The number of halogens is 1. The highest BCUT2D eigenvalue weighted by molar-refractivity contribution is 6.31. The van der Waals surface area contributed by atoms with E-state index < -0.39 is 0 Å². The number of nitrogens with two attached hydrogens (primary N) is 1. The molecule has 0 amide bonds. The Labute approximate surface area is 112 Å². The molecule has 2 aliphatic carbocycles. The third kappa shape index (κ3) is 2.29. The van der Waals surface area contributed by atoms with Crippen molar-refractivity contribution in [3.05, 3.63) is 22.7 Å². The van der Waals surface area contributed by atoms with Gasteiger partial charge < -0.3 is 15.2 Å². The van der Waals surface area contributed by atoms with E-state index in [1.54, 1.807) is 7.11 Å². The van der Waals surface area contributed by atoms with E-state index in [1.807, 2.05) is 12.1 Å². The summed E-state index contributed by atoms with van der Waals surface area (Å²) in [5, 5.41) is 0.682. The van der Waals surface area contributed by atoms with Crippen molar-refractivity contribution in [1.82, 2.24) is 0 Å². The van der Waals surface area contributed by atoms with Crippen LogP contribution in [0, 0.1) is 5.92 Å². The van der Waals surface area contributed by atoms with E-state index >= 15 is 0 Å². The summed E-state index contributed by atoms with van der Waals surface area (Å²) in [6, 6.07) is 3.77. The molecule has 2 aliphatic rings. The molecule has 3 nitrogen and oxygen atoms in total. The Bertz CT molecular complexity index is 467. The van der Waals surface area contributed by atoms with Crippen molar-refractivity contribution in [2.75, 3.05) is 13.7 Å². The first-order chi connectivity index (χ1) is 8.62. The minimum absolute atomic E-state index is 0.251. The predicted octanol–water partition coefficient (Wildman–Crippen LogP) is 3.09. The Morgan fingerprint density at radius 1 is 1.33 bits per heavy atom. The van der Waals surface area contributed by atoms with Gasteiger partial charge in [0.15, 0.2) is 11.5 Å². The maximum absolute atomic E-state index is 6.30. The maximum atomic E-state index is 6.30. The van der Waals surface area contributed by atoms with E-state index in [2.05, 4.69) is 0 Å². The Morgan fingerprint density at radius 2 is 2.06 bits per heavy atom. The minimum atomic E-state index is -0.251. The number of ether oxygens (including phenoxy) is 2. The van der Waals surface area contributed by atoms with Crippen molar-refractivity contribution in [3.63, 3.8) is 0 Å². The van der Waals surface area contributed by atoms with Crippen molar-refractivity contribution < 1.29 is 9.47 Å². The van der Waals surface area contributed by atoms with Crippen LogP contribution in [0.5, 0.6) is 11.5 Å². The summed E-state index contributed by atoms with van der Waals surface area (Å²) in [6.45, 7) is 0.750. The molecule has 0 saturated heterocycles. The van der Waals surface area contributed by atoms with Crippen LogP contribution < -0.4 is 15.2 Å². The van der Waals surface area contributed by atoms with Crippen molar-refractivity contribution in [2.24, 2.45) is 11.7 Å². The predicted molar refractivity (Wildman–Crippen MR) is 71.3 cm³/mol. The third-order valence-corrected chi connectivity index (χ3v) is 4.06. The highest BCUT2D eigenvalue weighted by atomic mass is 35.5. The van der Waals surface area contributed by atoms with Gasteiger partial charge in [0.1, 0.15) is 0 Å². The molecule has 4 heteroatoms. The molecule has 0 radical (unpaired) electrons. The second-order valence-corrected chi connectivity index (χ2v) is 5.80. The van der Waals surface area contributed by atoms with Gasteiger partial charge in [-0.25, -0.2) is 0 Å². The summed E-state index contributed by atoms with van der Waals surface area (Å²) in [5.41, 5.74) is 6.92. The first kappa shape index (κ1) is 12.1. The number of methoxy groups -OCH3 is 1. The van der Waals surface area contributed by atoms with Crippen molar-refractivity contribution in [3.8, 4) is 11.5 Å². The monoisotopic (exact) mass is 267 g/mol. The van der Waals surface area contributed by atoms with E-state index in [4.69, 9.17) is 26.8 Å². The largest absolute Gasteiger partial charge is 0.493 e. The van der Waals surface area contributed by atoms with Crippen molar-refractivity contribution in [1.29, 1.82) is 0 Å². The third-order valence-electron chi connectivity index (χ3n) is 3.75. The number of benzene rings is 1. The summed E-state index contributed by atoms with van der Waals surface area (Å²) in [7, 11) is 1.65. The maximum Gasteiger partial charge on any atom is 0.162 e. The van der Waals surface area contributed by atoms with Gasteiger partial charge in [0.05, 0.1) is 13.7 Å². The van der Waals surface area contributed by atoms with Crippen LogP contribution in [0.25, 0.3) is 0 Å². The molecular weight excluding hydrogens is 250 g/mol. The molecule has 0 aliphatic heterocycles. The van der Waals surface area contributed by atoms with Gasteiger partial charge in [-0.2, -0.15) is 0 Å². The zero-order valence-corrected chi connectivity index (χ0v) is 11.3. The van der Waals surface area contributed by atoms with Gasteiger partial charge >= 0.3 is 0 Å². The second kappa shape index (κ2) is 4.32. The van der Waals surface area contributed by atoms with E-state index in [0.717, 1.165) is 36.5 Å². The molecule has 0 atom stereocenters. The molecule has 18 heavy (non-hydrogen) atoms. The van der Waals surface area contributed by atoms with Crippen molar-refractivity contribution >= 4 is 11.6 Å². The second-order valence-electron chi connectivity index (χ2n) is 5.39. The number of rotatable bonds is 5. The molecule has 1 aromatic rings. The van der Waals surface area contributed by atoms with E-state index in [1.165, 1.54) is 12.8 Å². The molecule has 0 spiro atoms. The average molecular weight is 268 g/mol. The van der Waals surface area contributed by atoms with Gasteiger partial charge in [-0.05, 0) is 43.2 Å². The summed E-state index contributed by atoms with van der Waals surface area (Å²) in [6.07, 6.45) is 4.50. The summed E-state index contributed by atoms with van der Waals surface area (Å²) in [4.78, 5) is 0. The fraction of sp³-hybridized carbons (Fsp3) is 0.571. The Balaban J connectivity index is 1.86. The van der Waals surface area contributed by atoms with Crippen LogP contribution in [-0.4, -0.2) is 13.7 Å². The smallest absolute Gasteiger partial charge is 0.162 e. The molecule has 1 aromatic carbocycles. The van der Waals surface area contributed by atoms with Gasteiger partial charge in [-0.15, -0.1) is 0 Å². The topological polar surface area (TPSA) is 44.5 Å². The first-order valence-electron chi connectivity index (χ1n) is 6.42. The van der Waals surface area contributed by atoms with E-state index in [-0.39, 0.29) is 5.54 Å². The summed E-state index contributed by atoms with van der Waals surface area (Å²) >= 11 is 6.30. The molecule has 2 N–H and O–H groups in total.